The maximum atomic E-state index is 12.2. The molecule has 0 radical (unpaired) electrons. The number of carbonyl (C=O) groups is 1. The lowest BCUT2D eigenvalue weighted by molar-refractivity contribution is 0.0334. The predicted octanol–water partition coefficient (Wildman–Crippen LogP) is 3.20. The first-order valence-electron chi connectivity index (χ1n) is 6.32. The monoisotopic (exact) mass is 271 g/mol. The second-order valence-corrected chi connectivity index (χ2v) is 4.39. The molecule has 104 valence electrons. The van der Waals surface area contributed by atoms with Crippen molar-refractivity contribution in [1.82, 2.24) is 0 Å². The Morgan fingerprint density at radius 3 is 2.45 bits per heavy atom. The lowest BCUT2D eigenvalue weighted by atomic mass is 10.1. The van der Waals surface area contributed by atoms with E-state index >= 15 is 0 Å². The number of ether oxygens (including phenoxy) is 2. The van der Waals surface area contributed by atoms with E-state index in [1.807, 2.05) is 37.3 Å². The van der Waals surface area contributed by atoms with Crippen molar-refractivity contribution in [2.24, 2.45) is 0 Å². The fourth-order valence-corrected chi connectivity index (χ4v) is 1.96. The van der Waals surface area contributed by atoms with Crippen LogP contribution in [0.5, 0.6) is 5.75 Å². The van der Waals surface area contributed by atoms with Crippen molar-refractivity contribution in [3.05, 3.63) is 59.7 Å². The zero-order chi connectivity index (χ0) is 14.5. The molecule has 1 unspecified atom stereocenters. The number of nitrogens with two attached hydrogens (primary N) is 1. The van der Waals surface area contributed by atoms with Crippen LogP contribution >= 0.6 is 0 Å². The topological polar surface area (TPSA) is 61.5 Å². The Kier molecular flexibility index (Phi) is 4.25. The summed E-state index contributed by atoms with van der Waals surface area (Å²) >= 11 is 0. The van der Waals surface area contributed by atoms with Gasteiger partial charge in [-0.15, -0.1) is 0 Å². The van der Waals surface area contributed by atoms with Crippen LogP contribution in [0, 0.1) is 0 Å². The first kappa shape index (κ1) is 13.9. The summed E-state index contributed by atoms with van der Waals surface area (Å²) in [5, 5.41) is 0. The van der Waals surface area contributed by atoms with Gasteiger partial charge in [-0.25, -0.2) is 4.79 Å². The molecule has 2 aromatic carbocycles. The quantitative estimate of drug-likeness (QED) is 0.685. The molecule has 0 saturated carbocycles. The summed E-state index contributed by atoms with van der Waals surface area (Å²) in [5.41, 5.74) is 7.45. The van der Waals surface area contributed by atoms with Crippen molar-refractivity contribution >= 4 is 11.7 Å². The highest BCUT2D eigenvalue weighted by atomic mass is 16.5. The van der Waals surface area contributed by atoms with Crippen LogP contribution in [0.1, 0.15) is 28.9 Å². The molecular weight excluding hydrogens is 254 g/mol. The molecule has 0 aliphatic carbocycles. The zero-order valence-corrected chi connectivity index (χ0v) is 11.5. The molecule has 0 aliphatic heterocycles. The minimum absolute atomic E-state index is 0.329. The Labute approximate surface area is 118 Å². The summed E-state index contributed by atoms with van der Waals surface area (Å²) in [5.74, 6) is -0.108. The number of nitrogen functional groups attached to an aromatic ring is 1. The Hall–Kier alpha value is -2.49. The second kappa shape index (κ2) is 6.10. The van der Waals surface area contributed by atoms with Crippen molar-refractivity contribution in [2.75, 3.05) is 12.8 Å². The molecule has 20 heavy (non-hydrogen) atoms. The molecule has 0 fully saturated rings. The Bertz CT molecular complexity index is 596. The molecule has 0 aliphatic rings. The van der Waals surface area contributed by atoms with Crippen LogP contribution in [-0.4, -0.2) is 13.1 Å². The minimum Gasteiger partial charge on any atom is -0.494 e. The first-order valence-corrected chi connectivity index (χ1v) is 6.32. The summed E-state index contributed by atoms with van der Waals surface area (Å²) in [6, 6.07) is 14.6. The van der Waals surface area contributed by atoms with Gasteiger partial charge in [0.1, 0.15) is 11.7 Å². The van der Waals surface area contributed by atoms with Crippen LogP contribution in [0.25, 0.3) is 0 Å². The standard InChI is InChI=1S/C16H17NO3/c1-11(12-7-4-3-5-8-12)20-16(18)13-9-6-10-14(17)15(13)19-2/h3-11H,17H2,1-2H3. The third kappa shape index (κ3) is 2.91. The van der Waals surface area contributed by atoms with Crippen LogP contribution in [0.3, 0.4) is 0 Å². The van der Waals surface area contributed by atoms with Crippen molar-refractivity contribution in [2.45, 2.75) is 13.0 Å². The molecule has 0 bridgehead atoms. The normalized spacial score (nSPS) is 11.7. The van der Waals surface area contributed by atoms with Gasteiger partial charge < -0.3 is 15.2 Å². The number of benzene rings is 2. The smallest absolute Gasteiger partial charge is 0.342 e. The van der Waals surface area contributed by atoms with Crippen molar-refractivity contribution < 1.29 is 14.3 Å². The summed E-state index contributed by atoms with van der Waals surface area (Å²) in [6.07, 6.45) is -0.338. The fourth-order valence-electron chi connectivity index (χ4n) is 1.96. The molecule has 1 atom stereocenters. The number of esters is 1. The summed E-state index contributed by atoms with van der Waals surface area (Å²) < 4.78 is 10.6. The number of hydrogen-bond acceptors (Lipinski definition) is 4. The Balaban J connectivity index is 2.19. The van der Waals surface area contributed by atoms with E-state index in [1.54, 1.807) is 18.2 Å². The van der Waals surface area contributed by atoms with Gasteiger partial charge in [0, 0.05) is 0 Å². The van der Waals surface area contributed by atoms with Crippen LogP contribution in [-0.2, 0) is 4.74 Å². The van der Waals surface area contributed by atoms with Gasteiger partial charge in [0.05, 0.1) is 12.8 Å². The third-order valence-electron chi connectivity index (χ3n) is 3.02. The molecule has 2 N–H and O–H groups in total. The van der Waals surface area contributed by atoms with Crippen molar-refractivity contribution in [1.29, 1.82) is 0 Å². The Morgan fingerprint density at radius 1 is 1.10 bits per heavy atom. The number of rotatable bonds is 4. The zero-order valence-electron chi connectivity index (χ0n) is 11.5. The van der Waals surface area contributed by atoms with Gasteiger partial charge in [0.2, 0.25) is 0 Å². The van der Waals surface area contributed by atoms with Gasteiger partial charge in [-0.05, 0) is 24.6 Å². The highest BCUT2D eigenvalue weighted by molar-refractivity contribution is 5.94. The third-order valence-corrected chi connectivity index (χ3v) is 3.02. The average molecular weight is 271 g/mol. The molecule has 2 aromatic rings. The van der Waals surface area contributed by atoms with Crippen LogP contribution in [0.15, 0.2) is 48.5 Å². The summed E-state index contributed by atoms with van der Waals surface area (Å²) in [6.45, 7) is 1.83. The minimum atomic E-state index is -0.453. The SMILES string of the molecule is COc1c(N)cccc1C(=O)OC(C)c1ccccc1. The second-order valence-electron chi connectivity index (χ2n) is 4.39. The van der Waals surface area contributed by atoms with Crippen molar-refractivity contribution in [3.8, 4) is 5.75 Å². The van der Waals surface area contributed by atoms with Gasteiger partial charge in [0.15, 0.2) is 5.75 Å². The molecule has 4 heteroatoms. The van der Waals surface area contributed by atoms with Gasteiger partial charge in [-0.1, -0.05) is 36.4 Å². The number of anilines is 1. The number of hydrogen-bond donors (Lipinski definition) is 1. The Morgan fingerprint density at radius 2 is 1.80 bits per heavy atom. The van der Waals surface area contributed by atoms with Crippen LogP contribution in [0.2, 0.25) is 0 Å². The van der Waals surface area contributed by atoms with Crippen molar-refractivity contribution in [3.63, 3.8) is 0 Å². The number of carbonyl (C=O) groups excluding carboxylic acids is 1. The van der Waals surface area contributed by atoms with E-state index in [2.05, 4.69) is 0 Å². The van der Waals surface area contributed by atoms with Gasteiger partial charge in [-0.3, -0.25) is 0 Å². The maximum absolute atomic E-state index is 12.2. The molecule has 0 heterocycles. The van der Waals surface area contributed by atoms with E-state index < -0.39 is 5.97 Å². The first-order chi connectivity index (χ1) is 9.63. The van der Waals surface area contributed by atoms with E-state index in [-0.39, 0.29) is 6.10 Å². The fraction of sp³-hybridized carbons (Fsp3) is 0.188. The number of methoxy groups -OCH3 is 1. The average Bonchev–Trinajstić information content (AvgIpc) is 2.47. The van der Waals surface area contributed by atoms with Crippen LogP contribution < -0.4 is 10.5 Å². The summed E-state index contributed by atoms with van der Waals surface area (Å²) in [7, 11) is 1.48. The van der Waals surface area contributed by atoms with Gasteiger partial charge in [-0.2, -0.15) is 0 Å². The van der Waals surface area contributed by atoms with E-state index in [1.165, 1.54) is 7.11 Å². The van der Waals surface area contributed by atoms with E-state index in [4.69, 9.17) is 15.2 Å². The highest BCUT2D eigenvalue weighted by Crippen LogP contribution is 2.28. The molecule has 0 aromatic heterocycles. The molecule has 0 saturated heterocycles. The van der Waals surface area contributed by atoms with E-state index in [0.29, 0.717) is 17.0 Å². The lowest BCUT2D eigenvalue weighted by Crippen LogP contribution is -2.11. The molecule has 4 nitrogen and oxygen atoms in total. The van der Waals surface area contributed by atoms with Crippen LogP contribution in [0.4, 0.5) is 5.69 Å². The maximum Gasteiger partial charge on any atom is 0.342 e. The molecular formula is C16H17NO3. The highest BCUT2D eigenvalue weighted by Gasteiger charge is 2.18. The van der Waals surface area contributed by atoms with Gasteiger partial charge in [0.25, 0.3) is 0 Å². The van der Waals surface area contributed by atoms with Gasteiger partial charge >= 0.3 is 5.97 Å². The lowest BCUT2D eigenvalue weighted by Gasteiger charge is -2.15. The molecule has 2 rings (SSSR count). The predicted molar refractivity (Wildman–Crippen MR) is 77.7 cm³/mol. The molecule has 0 spiro atoms. The van der Waals surface area contributed by atoms with E-state index in [0.717, 1.165) is 5.56 Å². The summed E-state index contributed by atoms with van der Waals surface area (Å²) in [4.78, 5) is 12.2. The molecule has 0 amide bonds. The largest absolute Gasteiger partial charge is 0.494 e. The number of para-hydroxylation sites is 1. The van der Waals surface area contributed by atoms with E-state index in [9.17, 15) is 4.79 Å².